The molecular formula is C54H53N11O3. The number of nitrogens with one attached hydrogen (secondary N) is 4. The zero-order chi connectivity index (χ0) is 46.0. The fourth-order valence-corrected chi connectivity index (χ4v) is 8.73. The molecular weight excluding hydrogens is 851 g/mol. The lowest BCUT2D eigenvalue weighted by atomic mass is 10.1. The molecule has 0 radical (unpaired) electrons. The molecule has 68 heavy (non-hydrogen) atoms. The normalized spacial score (nSPS) is 15.0. The quantitative estimate of drug-likeness (QED) is 0.0885. The molecule has 2 amide bonds. The maximum absolute atomic E-state index is 12.4. The summed E-state index contributed by atoms with van der Waals surface area (Å²) in [5.74, 6) is 1.51. The molecule has 0 spiro atoms. The van der Waals surface area contributed by atoms with Crippen LogP contribution >= 0.6 is 0 Å². The van der Waals surface area contributed by atoms with Crippen LogP contribution in [0.15, 0.2) is 134 Å². The average molecular weight is 904 g/mol. The highest BCUT2D eigenvalue weighted by Gasteiger charge is 2.25. The van der Waals surface area contributed by atoms with E-state index in [9.17, 15) is 9.59 Å². The van der Waals surface area contributed by atoms with E-state index in [4.69, 9.17) is 24.7 Å². The summed E-state index contributed by atoms with van der Waals surface area (Å²) in [6, 6.07) is 40.7. The molecule has 0 atom stereocenters. The minimum atomic E-state index is -0.00969. The molecule has 14 nitrogen and oxygen atoms in total. The summed E-state index contributed by atoms with van der Waals surface area (Å²) in [4.78, 5) is 46.4. The van der Waals surface area contributed by atoms with Gasteiger partial charge in [-0.15, -0.1) is 0 Å². The molecule has 2 saturated carbocycles. The number of imidazole rings is 2. The van der Waals surface area contributed by atoms with E-state index in [1.807, 2.05) is 103 Å². The van der Waals surface area contributed by atoms with Gasteiger partial charge >= 0.3 is 0 Å². The number of morpholine rings is 1. The number of aryl methyl sites for hydroxylation is 1. The van der Waals surface area contributed by atoms with E-state index in [0.29, 0.717) is 29.8 Å². The smallest absolute Gasteiger partial charge is 0.251 e. The van der Waals surface area contributed by atoms with Crippen molar-refractivity contribution in [2.45, 2.75) is 51.2 Å². The molecule has 5 aromatic carbocycles. The number of rotatable bonds is 13. The lowest BCUT2D eigenvalue weighted by Gasteiger charge is -2.26. The van der Waals surface area contributed by atoms with Crippen molar-refractivity contribution in [2.24, 2.45) is 0 Å². The first-order chi connectivity index (χ1) is 33.4. The highest BCUT2D eigenvalue weighted by atomic mass is 16.5. The Hall–Kier alpha value is -7.68. The molecule has 0 bridgehead atoms. The van der Waals surface area contributed by atoms with E-state index in [1.165, 1.54) is 11.1 Å². The Morgan fingerprint density at radius 2 is 1.09 bits per heavy atom. The fraction of sp³-hybridized carbons (Fsp3) is 0.259. The lowest BCUT2D eigenvalue weighted by molar-refractivity contribution is 0.0398. The summed E-state index contributed by atoms with van der Waals surface area (Å²) >= 11 is 0. The van der Waals surface area contributed by atoms with Crippen LogP contribution in [0.5, 0.6) is 0 Å². The van der Waals surface area contributed by atoms with Crippen molar-refractivity contribution in [3.8, 4) is 22.5 Å². The largest absolute Gasteiger partial charge is 0.379 e. The van der Waals surface area contributed by atoms with Crippen molar-refractivity contribution in [1.29, 1.82) is 0 Å². The molecule has 9 aromatic rings. The number of hydrogen-bond acceptors (Lipinski definition) is 10. The van der Waals surface area contributed by atoms with Gasteiger partial charge in [0.05, 0.1) is 59.1 Å². The van der Waals surface area contributed by atoms with Gasteiger partial charge in [0, 0.05) is 67.1 Å². The molecule has 0 unspecified atom stereocenters. The van der Waals surface area contributed by atoms with Gasteiger partial charge in [0.25, 0.3) is 11.8 Å². The Kier molecular flexibility index (Phi) is 11.9. The topological polar surface area (TPSA) is 155 Å². The first-order valence-corrected chi connectivity index (χ1v) is 23.6. The number of para-hydroxylation sites is 4. The summed E-state index contributed by atoms with van der Waals surface area (Å²) in [5.41, 5.74) is 13.1. The predicted molar refractivity (Wildman–Crippen MR) is 267 cm³/mol. The fourth-order valence-electron chi connectivity index (χ4n) is 8.73. The second kappa shape index (κ2) is 18.9. The average Bonchev–Trinajstić information content (AvgIpc) is 4.29. The van der Waals surface area contributed by atoms with Crippen LogP contribution in [0.3, 0.4) is 0 Å². The van der Waals surface area contributed by atoms with Crippen LogP contribution in [0.4, 0.5) is 11.6 Å². The molecule has 4 aromatic heterocycles. The molecule has 342 valence electrons. The zero-order valence-corrected chi connectivity index (χ0v) is 38.0. The predicted octanol–water partition coefficient (Wildman–Crippen LogP) is 8.55. The number of amides is 2. The summed E-state index contributed by atoms with van der Waals surface area (Å²) < 4.78 is 9.74. The van der Waals surface area contributed by atoms with E-state index in [-0.39, 0.29) is 11.8 Å². The number of aromatic nitrogens is 6. The Morgan fingerprint density at radius 1 is 0.603 bits per heavy atom. The number of ether oxygens (including phenoxy) is 1. The van der Waals surface area contributed by atoms with Crippen molar-refractivity contribution >= 4 is 56.8 Å². The van der Waals surface area contributed by atoms with Gasteiger partial charge < -0.3 is 26.0 Å². The monoisotopic (exact) mass is 903 g/mol. The second-order valence-electron chi connectivity index (χ2n) is 17.8. The second-order valence-corrected chi connectivity index (χ2v) is 17.8. The van der Waals surface area contributed by atoms with Gasteiger partial charge in [-0.3, -0.25) is 23.3 Å². The van der Waals surface area contributed by atoms with Crippen LogP contribution in [-0.2, 0) is 11.3 Å². The Bertz CT molecular complexity index is 3280. The highest BCUT2D eigenvalue weighted by Crippen LogP contribution is 2.31. The summed E-state index contributed by atoms with van der Waals surface area (Å²) in [7, 11) is 0. The molecule has 3 fully saturated rings. The van der Waals surface area contributed by atoms with Gasteiger partial charge in [-0.2, -0.15) is 0 Å². The molecule has 5 heterocycles. The van der Waals surface area contributed by atoms with Crippen LogP contribution in [0, 0.1) is 6.92 Å². The number of carbonyl (C=O) groups is 2. The summed E-state index contributed by atoms with van der Waals surface area (Å²) in [5, 5.41) is 13.1. The number of benzene rings is 5. The standard InChI is InChI=1S/C28H25N5O.C26H28N6O2/c1-18-6-2-3-7-21(18)16-29-26-27-30-17-25(33(27)24-9-5-4-8-23(24)32-26)19-10-12-20(13-11-19)28(34)31-22-14-15-22;33-26(29-20-9-10-20)19-7-5-18(6-8-19)23-17-28-25-24(27-11-12-31-13-15-34-16-14-31)30-21-3-1-2-4-22(21)32(23)25/h2-13,17,22H,14-16H2,1H3,(H,29,32)(H,31,34);1-8,17,20H,9-16H2,(H,27,30)(H,29,33). The third-order valence-corrected chi connectivity index (χ3v) is 12.9. The van der Waals surface area contributed by atoms with Gasteiger partial charge in [-0.1, -0.05) is 72.8 Å². The molecule has 4 N–H and O–H groups in total. The van der Waals surface area contributed by atoms with Crippen LogP contribution in [0.2, 0.25) is 0 Å². The zero-order valence-electron chi connectivity index (χ0n) is 38.0. The Labute approximate surface area is 393 Å². The summed E-state index contributed by atoms with van der Waals surface area (Å²) in [6.45, 7) is 8.01. The number of nitrogens with zero attached hydrogens (tertiary/aromatic N) is 7. The molecule has 14 heteroatoms. The minimum Gasteiger partial charge on any atom is -0.379 e. The highest BCUT2D eigenvalue weighted by molar-refractivity contribution is 5.96. The van der Waals surface area contributed by atoms with Crippen LogP contribution in [0.25, 0.3) is 55.9 Å². The van der Waals surface area contributed by atoms with Crippen molar-refractivity contribution in [3.05, 3.63) is 156 Å². The van der Waals surface area contributed by atoms with Crippen molar-refractivity contribution in [1.82, 2.24) is 44.3 Å². The van der Waals surface area contributed by atoms with Crippen LogP contribution in [-0.4, -0.2) is 96.9 Å². The van der Waals surface area contributed by atoms with Gasteiger partial charge in [-0.25, -0.2) is 19.9 Å². The molecule has 2 aliphatic carbocycles. The maximum atomic E-state index is 12.4. The third kappa shape index (κ3) is 9.20. The van der Waals surface area contributed by atoms with Gasteiger partial charge in [0.2, 0.25) is 0 Å². The number of hydrogen-bond donors (Lipinski definition) is 4. The first-order valence-electron chi connectivity index (χ1n) is 23.6. The number of carbonyl (C=O) groups excluding carboxylic acids is 2. The van der Waals surface area contributed by atoms with Gasteiger partial charge in [0.1, 0.15) is 0 Å². The van der Waals surface area contributed by atoms with Gasteiger partial charge in [0.15, 0.2) is 22.9 Å². The van der Waals surface area contributed by atoms with E-state index < -0.39 is 0 Å². The Balaban J connectivity index is 0.000000149. The maximum Gasteiger partial charge on any atom is 0.251 e. The lowest BCUT2D eigenvalue weighted by Crippen LogP contribution is -2.39. The SMILES string of the molecule is Cc1ccccc1CNc1nc2ccccc2n2c(-c3ccc(C(=O)NC4CC4)cc3)cnc12.O=C(NC1CC1)c1ccc(-c2cnc3c(NCCN4CCOCC4)nc4ccccc4n23)cc1. The number of anilines is 2. The van der Waals surface area contributed by atoms with Crippen LogP contribution < -0.4 is 21.3 Å². The third-order valence-electron chi connectivity index (χ3n) is 12.9. The molecule has 3 aliphatic rings. The van der Waals surface area contributed by atoms with Crippen molar-refractivity contribution in [3.63, 3.8) is 0 Å². The first kappa shape index (κ1) is 42.9. The minimum absolute atomic E-state index is 0.00593. The van der Waals surface area contributed by atoms with Gasteiger partial charge in [-0.05, 0) is 92.3 Å². The summed E-state index contributed by atoms with van der Waals surface area (Å²) in [6.07, 6.45) is 8.07. The van der Waals surface area contributed by atoms with Crippen molar-refractivity contribution in [2.75, 3.05) is 50.0 Å². The van der Waals surface area contributed by atoms with Crippen molar-refractivity contribution < 1.29 is 14.3 Å². The van der Waals surface area contributed by atoms with E-state index in [0.717, 1.165) is 133 Å². The Morgan fingerprint density at radius 3 is 1.60 bits per heavy atom. The van der Waals surface area contributed by atoms with Crippen LogP contribution in [0.1, 0.15) is 57.5 Å². The van der Waals surface area contributed by atoms with E-state index in [2.05, 4.69) is 72.2 Å². The van der Waals surface area contributed by atoms with E-state index in [1.54, 1.807) is 0 Å². The van der Waals surface area contributed by atoms with E-state index >= 15 is 0 Å². The number of fused-ring (bicyclic) bond motifs is 6. The molecule has 12 rings (SSSR count). The molecule has 1 saturated heterocycles. The molecule has 1 aliphatic heterocycles.